The largest absolute Gasteiger partial charge is 1.00 e. The van der Waals surface area contributed by atoms with Gasteiger partial charge in [-0.1, -0.05) is 29.3 Å². The number of carbonyl (C=O) groups is 1. The smallest absolute Gasteiger partial charge is 0.543 e. The zero-order valence-corrected chi connectivity index (χ0v) is 14.9. The Balaban J connectivity index is 0.00000200. The van der Waals surface area contributed by atoms with Crippen LogP contribution < -0.4 is 34.7 Å². The summed E-state index contributed by atoms with van der Waals surface area (Å²) in [5.41, 5.74) is 0.764. The number of nitrogens with zero attached hydrogens (tertiary/aromatic N) is 1. The van der Waals surface area contributed by atoms with Crippen LogP contribution in [0, 0.1) is 0 Å². The van der Waals surface area contributed by atoms with Gasteiger partial charge in [-0.05, 0) is 29.8 Å². The van der Waals surface area contributed by atoms with Crippen LogP contribution in [0.3, 0.4) is 0 Å². The molecule has 0 spiro atoms. The molecule has 98 valence electrons. The van der Waals surface area contributed by atoms with Crippen molar-refractivity contribution < 1.29 is 39.5 Å². The van der Waals surface area contributed by atoms with Crippen LogP contribution in [0.15, 0.2) is 41.4 Å². The minimum Gasteiger partial charge on any atom is -0.543 e. The number of pyridine rings is 1. The Morgan fingerprint density at radius 1 is 1.20 bits per heavy atom. The van der Waals surface area contributed by atoms with Gasteiger partial charge in [-0.2, -0.15) is 0 Å². The maximum atomic E-state index is 10.6. The van der Waals surface area contributed by atoms with Crippen LogP contribution in [0.1, 0.15) is 16.1 Å². The van der Waals surface area contributed by atoms with Gasteiger partial charge < -0.3 is 9.90 Å². The molecule has 20 heavy (non-hydrogen) atoms. The van der Waals surface area contributed by atoms with E-state index in [0.717, 1.165) is 10.5 Å². The van der Waals surface area contributed by atoms with Gasteiger partial charge in [0.15, 0.2) is 0 Å². The monoisotopic (exact) mass is 335 g/mol. The number of aromatic carboxylic acids is 1. The van der Waals surface area contributed by atoms with Crippen molar-refractivity contribution in [3.63, 3.8) is 0 Å². The van der Waals surface area contributed by atoms with Crippen LogP contribution >= 0.6 is 35.0 Å². The first-order valence-electron chi connectivity index (χ1n) is 5.31. The number of carbonyl (C=O) groups excluding carboxylic acids is 1. The number of aromatic nitrogens is 1. The van der Waals surface area contributed by atoms with Crippen LogP contribution in [0.4, 0.5) is 0 Å². The molecule has 7 heteroatoms. The Labute approximate surface area is 153 Å². The van der Waals surface area contributed by atoms with Gasteiger partial charge in [0, 0.05) is 26.9 Å². The van der Waals surface area contributed by atoms with Crippen molar-refractivity contribution in [3.8, 4) is 0 Å². The van der Waals surface area contributed by atoms with Gasteiger partial charge in [-0.15, -0.1) is 11.8 Å². The van der Waals surface area contributed by atoms with Crippen molar-refractivity contribution in [1.82, 2.24) is 4.98 Å². The van der Waals surface area contributed by atoms with Gasteiger partial charge in [-0.25, -0.2) is 0 Å². The average molecular weight is 336 g/mol. The van der Waals surface area contributed by atoms with Gasteiger partial charge in [-0.3, -0.25) is 4.98 Å². The first-order valence-corrected chi connectivity index (χ1v) is 7.05. The first-order chi connectivity index (χ1) is 9.08. The molecular weight excluding hydrogens is 328 g/mol. The number of carboxylic acid groups (broad SMARTS) is 1. The van der Waals surface area contributed by atoms with E-state index in [4.69, 9.17) is 23.2 Å². The summed E-state index contributed by atoms with van der Waals surface area (Å²) in [6, 6.07) is 8.43. The molecule has 0 bridgehead atoms. The third-order valence-corrected chi connectivity index (χ3v) is 4.11. The number of thioether (sulfide) groups is 1. The molecule has 1 aromatic heterocycles. The molecule has 1 aromatic carbocycles. The normalized spacial score (nSPS) is 9.90. The van der Waals surface area contributed by atoms with Crippen molar-refractivity contribution in [2.24, 2.45) is 0 Å². The predicted octanol–water partition coefficient (Wildman–Crippen LogP) is 0.0482. The van der Waals surface area contributed by atoms with Gasteiger partial charge in [0.05, 0.1) is 11.7 Å². The van der Waals surface area contributed by atoms with Crippen LogP contribution in [0.2, 0.25) is 10.0 Å². The number of benzene rings is 1. The molecule has 0 saturated carbocycles. The number of halogens is 2. The molecule has 0 radical (unpaired) electrons. The molecule has 0 aliphatic rings. The molecule has 0 unspecified atom stereocenters. The molecular formula is C13H8Cl2NNaO2S. The minimum atomic E-state index is -1.29. The Bertz CT molecular complexity index is 588. The zero-order chi connectivity index (χ0) is 13.8. The number of hydrogen-bond donors (Lipinski definition) is 0. The van der Waals surface area contributed by atoms with E-state index in [2.05, 4.69) is 4.98 Å². The van der Waals surface area contributed by atoms with Crippen LogP contribution in [-0.4, -0.2) is 11.0 Å². The van der Waals surface area contributed by atoms with E-state index in [9.17, 15) is 9.90 Å². The quantitative estimate of drug-likeness (QED) is 0.585. The summed E-state index contributed by atoms with van der Waals surface area (Å²) in [5.74, 6) is -0.698. The maximum Gasteiger partial charge on any atom is 1.00 e. The Morgan fingerprint density at radius 2 is 1.85 bits per heavy atom. The number of rotatable bonds is 4. The van der Waals surface area contributed by atoms with Gasteiger partial charge in [0.25, 0.3) is 0 Å². The SMILES string of the molecule is O=C([O-])c1ccc(SCc2c(Cl)cccc2Cl)cn1.[Na+]. The molecule has 0 amide bonds. The second-order valence-electron chi connectivity index (χ2n) is 3.66. The average Bonchev–Trinajstić information content (AvgIpc) is 2.38. The Hall–Kier alpha value is -0.230. The van der Waals surface area contributed by atoms with Gasteiger partial charge >= 0.3 is 29.6 Å². The third-order valence-electron chi connectivity index (χ3n) is 2.39. The summed E-state index contributed by atoms with van der Waals surface area (Å²) in [5, 5.41) is 11.8. The minimum absolute atomic E-state index is 0. The number of hydrogen-bond acceptors (Lipinski definition) is 4. The van der Waals surface area contributed by atoms with Crippen molar-refractivity contribution in [2.75, 3.05) is 0 Å². The molecule has 2 aromatic rings. The topological polar surface area (TPSA) is 53.0 Å². The zero-order valence-electron chi connectivity index (χ0n) is 10.6. The fourth-order valence-electron chi connectivity index (χ4n) is 1.41. The van der Waals surface area contributed by atoms with E-state index in [0.29, 0.717) is 15.8 Å². The van der Waals surface area contributed by atoms with Crippen molar-refractivity contribution in [3.05, 3.63) is 57.8 Å². The molecule has 0 saturated heterocycles. The van der Waals surface area contributed by atoms with Crippen LogP contribution in [0.25, 0.3) is 0 Å². The summed E-state index contributed by atoms with van der Waals surface area (Å²) in [4.78, 5) is 15.2. The molecule has 0 aliphatic heterocycles. The predicted molar refractivity (Wildman–Crippen MR) is 74.6 cm³/mol. The Morgan fingerprint density at radius 3 is 2.35 bits per heavy atom. The maximum absolute atomic E-state index is 10.6. The fourth-order valence-corrected chi connectivity index (χ4v) is 3.02. The van der Waals surface area contributed by atoms with Crippen LogP contribution in [-0.2, 0) is 5.75 Å². The third kappa shape index (κ3) is 4.65. The van der Waals surface area contributed by atoms with E-state index >= 15 is 0 Å². The Kier molecular flexibility index (Phi) is 7.37. The van der Waals surface area contributed by atoms with Crippen molar-refractivity contribution in [1.29, 1.82) is 0 Å². The van der Waals surface area contributed by atoms with Crippen LogP contribution in [0.5, 0.6) is 0 Å². The van der Waals surface area contributed by atoms with E-state index in [-0.39, 0.29) is 35.3 Å². The van der Waals surface area contributed by atoms with Gasteiger partial charge in [0.1, 0.15) is 0 Å². The molecule has 1 heterocycles. The molecule has 0 aliphatic carbocycles. The molecule has 0 atom stereocenters. The van der Waals surface area contributed by atoms with E-state index in [1.165, 1.54) is 24.0 Å². The second-order valence-corrected chi connectivity index (χ2v) is 5.52. The summed E-state index contributed by atoms with van der Waals surface area (Å²) in [7, 11) is 0. The van der Waals surface area contributed by atoms with E-state index in [1.807, 2.05) is 0 Å². The molecule has 0 fully saturated rings. The summed E-state index contributed by atoms with van der Waals surface area (Å²) < 4.78 is 0. The summed E-state index contributed by atoms with van der Waals surface area (Å²) in [6.45, 7) is 0. The summed E-state index contributed by atoms with van der Waals surface area (Å²) >= 11 is 13.6. The molecule has 3 nitrogen and oxygen atoms in total. The van der Waals surface area contributed by atoms with E-state index in [1.54, 1.807) is 24.3 Å². The van der Waals surface area contributed by atoms with Crippen molar-refractivity contribution >= 4 is 40.9 Å². The standard InChI is InChI=1S/C13H9Cl2NO2S.Na/c14-10-2-1-3-11(15)9(10)7-19-8-4-5-12(13(17)18)16-6-8;/h1-6H,7H2,(H,17,18);/q;+1/p-1. The summed E-state index contributed by atoms with van der Waals surface area (Å²) in [6.07, 6.45) is 1.49. The molecule has 2 rings (SSSR count). The second kappa shape index (κ2) is 8.27. The molecule has 0 N–H and O–H groups in total. The first kappa shape index (κ1) is 17.8. The van der Waals surface area contributed by atoms with E-state index < -0.39 is 5.97 Å². The van der Waals surface area contributed by atoms with Crippen molar-refractivity contribution in [2.45, 2.75) is 10.6 Å². The van der Waals surface area contributed by atoms with Gasteiger partial charge in [0.2, 0.25) is 0 Å². The number of carboxylic acids is 1. The fraction of sp³-hybridized carbons (Fsp3) is 0.0769.